The molecule has 0 unspecified atom stereocenters. The summed E-state index contributed by atoms with van der Waals surface area (Å²) in [6.45, 7) is 2.09. The van der Waals surface area contributed by atoms with Gasteiger partial charge in [-0.2, -0.15) is 17.5 Å². The number of amides is 1. The molecule has 3 rings (SSSR count). The fourth-order valence-corrected chi connectivity index (χ4v) is 6.30. The molecule has 156 valence electrons. The van der Waals surface area contributed by atoms with Crippen molar-refractivity contribution in [3.05, 3.63) is 35.4 Å². The summed E-state index contributed by atoms with van der Waals surface area (Å²) in [4.78, 5) is 13.0. The highest BCUT2D eigenvalue weighted by atomic mass is 32.2. The van der Waals surface area contributed by atoms with Gasteiger partial charge in [-0.15, -0.1) is 0 Å². The van der Waals surface area contributed by atoms with Gasteiger partial charge < -0.3 is 5.32 Å². The Labute approximate surface area is 163 Å². The van der Waals surface area contributed by atoms with Crippen molar-refractivity contribution in [2.24, 2.45) is 5.41 Å². The molecule has 2 heterocycles. The molecule has 1 amide bonds. The van der Waals surface area contributed by atoms with Crippen molar-refractivity contribution in [1.82, 2.24) is 9.62 Å². The van der Waals surface area contributed by atoms with Gasteiger partial charge in [-0.1, -0.05) is 25.1 Å². The lowest BCUT2D eigenvalue weighted by Gasteiger charge is -2.35. The van der Waals surface area contributed by atoms with Crippen molar-refractivity contribution in [2.75, 3.05) is 12.8 Å². The molecule has 2 aliphatic heterocycles. The van der Waals surface area contributed by atoms with Crippen LogP contribution < -0.4 is 5.32 Å². The molecule has 2 bridgehead atoms. The molecule has 2 saturated heterocycles. The SMILES string of the molecule is CC[C@]1(C(=O)NCCc2cccc(C(F)(F)F)c2)C[C@H]2CC[C@@H]1N2S(C)(=O)=O. The number of nitrogens with zero attached hydrogens (tertiary/aromatic N) is 1. The van der Waals surface area contributed by atoms with Crippen LogP contribution in [0.25, 0.3) is 0 Å². The number of halogens is 3. The van der Waals surface area contributed by atoms with Gasteiger partial charge in [0.25, 0.3) is 0 Å². The minimum Gasteiger partial charge on any atom is -0.355 e. The Balaban J connectivity index is 1.67. The molecule has 9 heteroatoms. The summed E-state index contributed by atoms with van der Waals surface area (Å²) < 4.78 is 64.2. The number of carbonyl (C=O) groups excluding carboxylic acids is 1. The maximum absolute atomic E-state index is 13.0. The molecule has 0 spiro atoms. The smallest absolute Gasteiger partial charge is 0.355 e. The van der Waals surface area contributed by atoms with Gasteiger partial charge in [0.15, 0.2) is 0 Å². The lowest BCUT2D eigenvalue weighted by atomic mass is 9.71. The Morgan fingerprint density at radius 1 is 1.32 bits per heavy atom. The molecule has 0 saturated carbocycles. The molecule has 5 nitrogen and oxygen atoms in total. The number of alkyl halides is 3. The Kier molecular flexibility index (Phi) is 5.53. The van der Waals surface area contributed by atoms with Crippen molar-refractivity contribution in [2.45, 2.75) is 57.3 Å². The van der Waals surface area contributed by atoms with E-state index in [1.54, 1.807) is 6.07 Å². The molecule has 3 atom stereocenters. The van der Waals surface area contributed by atoms with Crippen molar-refractivity contribution in [3.63, 3.8) is 0 Å². The van der Waals surface area contributed by atoms with E-state index in [0.29, 0.717) is 24.8 Å². The average molecular weight is 418 g/mol. The van der Waals surface area contributed by atoms with Gasteiger partial charge in [0, 0.05) is 18.6 Å². The van der Waals surface area contributed by atoms with Crippen LogP contribution in [0.3, 0.4) is 0 Å². The topological polar surface area (TPSA) is 66.5 Å². The van der Waals surface area contributed by atoms with E-state index >= 15 is 0 Å². The van der Waals surface area contributed by atoms with Gasteiger partial charge in [-0.05, 0) is 43.7 Å². The second kappa shape index (κ2) is 7.33. The van der Waals surface area contributed by atoms with E-state index in [1.165, 1.54) is 16.6 Å². The van der Waals surface area contributed by atoms with Crippen molar-refractivity contribution in [3.8, 4) is 0 Å². The zero-order valence-electron chi connectivity index (χ0n) is 15.9. The van der Waals surface area contributed by atoms with E-state index in [0.717, 1.165) is 18.6 Å². The fraction of sp³-hybridized carbons (Fsp3) is 0.632. The molecule has 1 N–H and O–H groups in total. The largest absolute Gasteiger partial charge is 0.416 e. The second-order valence-electron chi connectivity index (χ2n) is 7.76. The highest BCUT2D eigenvalue weighted by molar-refractivity contribution is 7.88. The van der Waals surface area contributed by atoms with Gasteiger partial charge in [0.1, 0.15) is 0 Å². The lowest BCUT2D eigenvalue weighted by molar-refractivity contribution is -0.137. The van der Waals surface area contributed by atoms with E-state index in [-0.39, 0.29) is 31.0 Å². The van der Waals surface area contributed by atoms with Crippen molar-refractivity contribution < 1.29 is 26.4 Å². The molecule has 0 radical (unpaired) electrons. The zero-order valence-corrected chi connectivity index (χ0v) is 16.7. The molecule has 0 aliphatic carbocycles. The van der Waals surface area contributed by atoms with Crippen LogP contribution in [-0.2, 0) is 27.4 Å². The quantitative estimate of drug-likeness (QED) is 0.773. The summed E-state index contributed by atoms with van der Waals surface area (Å²) in [6, 6.07) is 4.57. The maximum atomic E-state index is 13.0. The van der Waals surface area contributed by atoms with E-state index in [1.807, 2.05) is 6.92 Å². The summed E-state index contributed by atoms with van der Waals surface area (Å²) in [5.74, 6) is -0.206. The van der Waals surface area contributed by atoms with Crippen molar-refractivity contribution in [1.29, 1.82) is 0 Å². The molecular weight excluding hydrogens is 393 g/mol. The number of hydrogen-bond acceptors (Lipinski definition) is 3. The number of sulfonamides is 1. The Hall–Kier alpha value is -1.61. The zero-order chi connectivity index (χ0) is 20.7. The summed E-state index contributed by atoms with van der Waals surface area (Å²) in [6.07, 6.45) is -0.505. The Morgan fingerprint density at radius 2 is 2.04 bits per heavy atom. The molecule has 1 aromatic rings. The van der Waals surface area contributed by atoms with Gasteiger partial charge in [-0.3, -0.25) is 4.79 Å². The minimum atomic E-state index is -4.40. The van der Waals surface area contributed by atoms with E-state index < -0.39 is 27.2 Å². The van der Waals surface area contributed by atoms with Crippen LogP contribution in [0.1, 0.15) is 43.7 Å². The highest BCUT2D eigenvalue weighted by Gasteiger charge is 2.61. The van der Waals surface area contributed by atoms with Gasteiger partial charge >= 0.3 is 6.18 Å². The third-order valence-corrected chi connectivity index (χ3v) is 7.42. The molecule has 28 heavy (non-hydrogen) atoms. The summed E-state index contributed by atoms with van der Waals surface area (Å²) in [7, 11) is -3.39. The number of fused-ring (bicyclic) bond motifs is 2. The summed E-state index contributed by atoms with van der Waals surface area (Å²) in [5.41, 5.74) is -0.982. The molecule has 2 fully saturated rings. The van der Waals surface area contributed by atoms with Crippen LogP contribution in [0.2, 0.25) is 0 Å². The first-order valence-electron chi connectivity index (χ1n) is 9.42. The third-order valence-electron chi connectivity index (χ3n) is 6.10. The molecule has 0 aromatic heterocycles. The Morgan fingerprint density at radius 3 is 2.61 bits per heavy atom. The second-order valence-corrected chi connectivity index (χ2v) is 9.65. The van der Waals surface area contributed by atoms with E-state index in [2.05, 4.69) is 5.32 Å². The summed E-state index contributed by atoms with van der Waals surface area (Å²) in [5, 5.41) is 2.84. The first-order valence-corrected chi connectivity index (χ1v) is 11.3. The van der Waals surface area contributed by atoms with Crippen molar-refractivity contribution >= 4 is 15.9 Å². The van der Waals surface area contributed by atoms with E-state index in [4.69, 9.17) is 0 Å². The van der Waals surface area contributed by atoms with Gasteiger partial charge in [-0.25, -0.2) is 8.42 Å². The molecule has 2 aliphatic rings. The third kappa shape index (κ3) is 3.78. The predicted octanol–water partition coefficient (Wildman–Crippen LogP) is 2.96. The molecular formula is C19H25F3N2O3S. The van der Waals surface area contributed by atoms with Crippen LogP contribution in [0.15, 0.2) is 24.3 Å². The normalized spacial score (nSPS) is 27.9. The maximum Gasteiger partial charge on any atom is 0.416 e. The monoisotopic (exact) mass is 418 g/mol. The molecule has 1 aromatic carbocycles. The standard InChI is InChI=1S/C19H25F3N2O3S/c1-3-18(12-15-7-8-16(18)24(15)28(2,26)27)17(25)23-10-9-13-5-4-6-14(11-13)19(20,21)22/h4-6,11,15-16H,3,7-10,12H2,1-2H3,(H,23,25)/t15-,16+,18+/m1/s1. The van der Waals surface area contributed by atoms with Crippen LogP contribution in [0, 0.1) is 5.41 Å². The Bertz CT molecular complexity index is 856. The van der Waals surface area contributed by atoms with Crippen LogP contribution in [0.5, 0.6) is 0 Å². The van der Waals surface area contributed by atoms with E-state index in [9.17, 15) is 26.4 Å². The lowest BCUT2D eigenvalue weighted by Crippen LogP contribution is -2.49. The first-order chi connectivity index (χ1) is 13.0. The van der Waals surface area contributed by atoms with Gasteiger partial charge in [0.2, 0.25) is 15.9 Å². The first kappa shape index (κ1) is 21.1. The number of benzene rings is 1. The van der Waals surface area contributed by atoms with Gasteiger partial charge in [0.05, 0.1) is 17.2 Å². The number of carbonyl (C=O) groups is 1. The summed E-state index contributed by atoms with van der Waals surface area (Å²) >= 11 is 0. The van der Waals surface area contributed by atoms with Crippen LogP contribution in [-0.4, -0.2) is 43.5 Å². The van der Waals surface area contributed by atoms with Crippen LogP contribution in [0.4, 0.5) is 13.2 Å². The average Bonchev–Trinajstić information content (AvgIpc) is 3.18. The number of nitrogens with one attached hydrogen (secondary N) is 1. The number of hydrogen-bond donors (Lipinski definition) is 1. The fourth-order valence-electron chi connectivity index (χ4n) is 4.81. The highest BCUT2D eigenvalue weighted by Crippen LogP contribution is 2.52. The number of rotatable bonds is 6. The predicted molar refractivity (Wildman–Crippen MR) is 99.0 cm³/mol. The minimum absolute atomic E-state index is 0.144. The van der Waals surface area contributed by atoms with Crippen LogP contribution >= 0.6 is 0 Å².